The molecule has 1 aromatic carbocycles. The lowest BCUT2D eigenvalue weighted by atomic mass is 10.0. The fourth-order valence-corrected chi connectivity index (χ4v) is 3.30. The molecule has 0 saturated carbocycles. The van der Waals surface area contributed by atoms with E-state index in [2.05, 4.69) is 4.72 Å². The van der Waals surface area contributed by atoms with Crippen LogP contribution >= 0.6 is 0 Å². The predicted molar refractivity (Wildman–Crippen MR) is 98.2 cm³/mol. The standard InChI is InChI=1S/C16H27NO5S2/c1-6-22-15-11-12(7-8-14(15)21-5)13(9-10-23(18)19)17-24(20)16(2,3)4/h7-8,11,13,17H,6,9-10H2,1-5H3,(H,18,19). The van der Waals surface area contributed by atoms with Gasteiger partial charge in [-0.1, -0.05) is 6.07 Å². The summed E-state index contributed by atoms with van der Waals surface area (Å²) in [5.41, 5.74) is 0.835. The molecule has 8 heteroatoms. The van der Waals surface area contributed by atoms with Crippen LogP contribution in [0.5, 0.6) is 11.5 Å². The summed E-state index contributed by atoms with van der Waals surface area (Å²) in [6.07, 6.45) is 0.378. The van der Waals surface area contributed by atoms with Crippen molar-refractivity contribution in [1.29, 1.82) is 0 Å². The maximum Gasteiger partial charge on any atom is 0.161 e. The normalized spacial score (nSPS) is 15.6. The number of benzene rings is 1. The molecule has 3 atom stereocenters. The second-order valence-corrected chi connectivity index (χ2v) is 9.26. The van der Waals surface area contributed by atoms with Gasteiger partial charge >= 0.3 is 0 Å². The lowest BCUT2D eigenvalue weighted by Crippen LogP contribution is -2.41. The summed E-state index contributed by atoms with van der Waals surface area (Å²) in [5, 5.41) is 0. The van der Waals surface area contributed by atoms with Gasteiger partial charge in [0.15, 0.2) is 22.6 Å². The molecule has 24 heavy (non-hydrogen) atoms. The Kier molecular flexibility index (Phi) is 8.52. The topological polar surface area (TPSA) is 90.9 Å². The number of nitrogens with one attached hydrogen (secondary N) is 1. The van der Waals surface area contributed by atoms with Crippen molar-refractivity contribution in [2.75, 3.05) is 19.5 Å². The third-order valence-electron chi connectivity index (χ3n) is 3.28. The lowest BCUT2D eigenvalue weighted by molar-refractivity contribution is 0.310. The van der Waals surface area contributed by atoms with Crippen molar-refractivity contribution in [2.45, 2.75) is 44.9 Å². The van der Waals surface area contributed by atoms with Crippen LogP contribution in [0.1, 0.15) is 45.7 Å². The highest BCUT2D eigenvalue weighted by Crippen LogP contribution is 2.32. The van der Waals surface area contributed by atoms with E-state index >= 15 is 0 Å². The highest BCUT2D eigenvalue weighted by Gasteiger charge is 2.30. The van der Waals surface area contributed by atoms with Gasteiger partial charge < -0.3 is 18.6 Å². The maximum absolute atomic E-state index is 12.4. The second-order valence-electron chi connectivity index (χ2n) is 6.21. The smallest absolute Gasteiger partial charge is 0.161 e. The first-order valence-corrected chi connectivity index (χ1v) is 10.2. The van der Waals surface area contributed by atoms with Crippen molar-refractivity contribution in [3.63, 3.8) is 0 Å². The lowest BCUT2D eigenvalue weighted by Gasteiger charge is -2.28. The first-order valence-electron chi connectivity index (χ1n) is 7.75. The van der Waals surface area contributed by atoms with Gasteiger partial charge in [-0.15, -0.1) is 4.72 Å². The van der Waals surface area contributed by atoms with E-state index in [0.717, 1.165) is 5.56 Å². The van der Waals surface area contributed by atoms with Gasteiger partial charge in [0.2, 0.25) is 0 Å². The number of methoxy groups -OCH3 is 1. The van der Waals surface area contributed by atoms with Crippen LogP contribution in [-0.4, -0.2) is 37.5 Å². The van der Waals surface area contributed by atoms with Gasteiger partial charge in [-0.2, -0.15) is 0 Å². The van der Waals surface area contributed by atoms with Gasteiger partial charge in [-0.3, -0.25) is 0 Å². The van der Waals surface area contributed by atoms with Crippen LogP contribution in [0.25, 0.3) is 0 Å². The zero-order valence-corrected chi connectivity index (χ0v) is 16.5. The zero-order valence-electron chi connectivity index (χ0n) is 14.8. The van der Waals surface area contributed by atoms with Crippen LogP contribution in [0.3, 0.4) is 0 Å². The van der Waals surface area contributed by atoms with Crippen molar-refractivity contribution in [3.8, 4) is 11.5 Å². The van der Waals surface area contributed by atoms with Gasteiger partial charge in [0, 0.05) is 11.4 Å². The molecular formula is C16H27NO5S2. The number of ether oxygens (including phenoxy) is 2. The summed E-state index contributed by atoms with van der Waals surface area (Å²) in [7, 11) is 1.57. The Morgan fingerprint density at radius 3 is 2.54 bits per heavy atom. The summed E-state index contributed by atoms with van der Waals surface area (Å²) in [6, 6.07) is 5.12. The Bertz CT molecular complexity index is 548. The minimum absolute atomic E-state index is 0.0923. The van der Waals surface area contributed by atoms with Crippen LogP contribution in [-0.2, 0) is 22.4 Å². The Balaban J connectivity index is 3.08. The molecule has 0 spiro atoms. The fraction of sp³-hybridized carbons (Fsp3) is 0.625. The Labute approximate surface area is 149 Å². The largest absolute Gasteiger partial charge is 0.598 e. The molecule has 2 N–H and O–H groups in total. The highest BCUT2D eigenvalue weighted by atomic mass is 32.2. The third-order valence-corrected chi connectivity index (χ3v) is 5.47. The van der Waals surface area contributed by atoms with E-state index in [1.54, 1.807) is 13.2 Å². The van der Waals surface area contributed by atoms with Gasteiger partial charge in [-0.25, -0.2) is 4.21 Å². The highest BCUT2D eigenvalue weighted by molar-refractivity contribution is 7.90. The second kappa shape index (κ2) is 9.62. The van der Waals surface area contributed by atoms with Gasteiger partial charge in [0.1, 0.15) is 4.75 Å². The van der Waals surface area contributed by atoms with E-state index in [1.165, 1.54) is 0 Å². The quantitative estimate of drug-likeness (QED) is 0.508. The summed E-state index contributed by atoms with van der Waals surface area (Å²) < 4.78 is 46.0. The van der Waals surface area contributed by atoms with Crippen molar-refractivity contribution in [1.82, 2.24) is 4.72 Å². The van der Waals surface area contributed by atoms with Gasteiger partial charge in [-0.05, 0) is 51.8 Å². The van der Waals surface area contributed by atoms with Gasteiger partial charge in [0.25, 0.3) is 0 Å². The molecule has 0 aliphatic heterocycles. The van der Waals surface area contributed by atoms with E-state index in [0.29, 0.717) is 24.5 Å². The molecular weight excluding hydrogens is 350 g/mol. The molecule has 0 radical (unpaired) electrons. The SMILES string of the molecule is CCOc1cc(C(CCS(=O)O)N[S+]([O-])C(C)(C)C)ccc1OC. The molecule has 0 saturated heterocycles. The molecule has 0 amide bonds. The molecule has 0 fully saturated rings. The zero-order chi connectivity index (χ0) is 18.3. The third kappa shape index (κ3) is 6.60. The summed E-state index contributed by atoms with van der Waals surface area (Å²) in [6.45, 7) is 7.99. The van der Waals surface area contributed by atoms with Crippen LogP contribution in [0, 0.1) is 0 Å². The minimum Gasteiger partial charge on any atom is -0.598 e. The molecule has 0 aromatic heterocycles. The summed E-state index contributed by atoms with van der Waals surface area (Å²) >= 11 is -3.21. The molecule has 138 valence electrons. The molecule has 0 bridgehead atoms. The summed E-state index contributed by atoms with van der Waals surface area (Å²) in [5.74, 6) is 1.30. The first kappa shape index (κ1) is 21.2. The average Bonchev–Trinajstić information content (AvgIpc) is 2.50. The number of hydrogen-bond donors (Lipinski definition) is 2. The Hall–Kier alpha value is -0.800. The fourth-order valence-electron chi connectivity index (χ4n) is 2.00. The molecule has 0 heterocycles. The molecule has 3 unspecified atom stereocenters. The molecule has 0 aliphatic carbocycles. The monoisotopic (exact) mass is 377 g/mol. The predicted octanol–water partition coefficient (Wildman–Crippen LogP) is 2.80. The van der Waals surface area contributed by atoms with Crippen LogP contribution in [0.4, 0.5) is 0 Å². The van der Waals surface area contributed by atoms with E-state index in [1.807, 2.05) is 39.8 Å². The van der Waals surface area contributed by atoms with Crippen LogP contribution in [0.15, 0.2) is 18.2 Å². The number of hydrogen-bond acceptors (Lipinski definition) is 5. The first-order chi connectivity index (χ1) is 11.2. The van der Waals surface area contributed by atoms with Crippen molar-refractivity contribution < 1.29 is 22.8 Å². The van der Waals surface area contributed by atoms with E-state index in [-0.39, 0.29) is 11.8 Å². The Morgan fingerprint density at radius 2 is 2.04 bits per heavy atom. The van der Waals surface area contributed by atoms with E-state index in [4.69, 9.17) is 14.0 Å². The average molecular weight is 378 g/mol. The van der Waals surface area contributed by atoms with Crippen molar-refractivity contribution >= 4 is 22.4 Å². The van der Waals surface area contributed by atoms with E-state index in [9.17, 15) is 8.76 Å². The van der Waals surface area contributed by atoms with Gasteiger partial charge in [0.05, 0.1) is 25.5 Å². The summed E-state index contributed by atoms with van der Waals surface area (Å²) in [4.78, 5) is 0. The molecule has 0 aliphatic rings. The molecule has 1 aromatic rings. The van der Waals surface area contributed by atoms with Crippen molar-refractivity contribution in [2.24, 2.45) is 0 Å². The van der Waals surface area contributed by atoms with Crippen molar-refractivity contribution in [3.05, 3.63) is 23.8 Å². The molecule has 6 nitrogen and oxygen atoms in total. The van der Waals surface area contributed by atoms with Crippen LogP contribution < -0.4 is 14.2 Å². The Morgan fingerprint density at radius 1 is 1.38 bits per heavy atom. The minimum atomic E-state index is -1.91. The van der Waals surface area contributed by atoms with Crippen LogP contribution in [0.2, 0.25) is 0 Å². The maximum atomic E-state index is 12.4. The van der Waals surface area contributed by atoms with E-state index < -0.39 is 27.2 Å². The molecule has 1 rings (SSSR count). The number of rotatable bonds is 9.